The minimum Gasteiger partial charge on any atom is -0.356 e. The van der Waals surface area contributed by atoms with Gasteiger partial charge in [-0.05, 0) is 43.5 Å². The molecule has 0 aliphatic heterocycles. The highest BCUT2D eigenvalue weighted by Crippen LogP contribution is 2.28. The highest BCUT2D eigenvalue weighted by molar-refractivity contribution is 5.92. The van der Waals surface area contributed by atoms with Gasteiger partial charge in [-0.15, -0.1) is 0 Å². The van der Waals surface area contributed by atoms with E-state index in [9.17, 15) is 14.4 Å². The molecular weight excluding hydrogens is 282 g/mol. The Kier molecular flexibility index (Phi) is 5.52. The van der Waals surface area contributed by atoms with Gasteiger partial charge in [-0.25, -0.2) is 0 Å². The van der Waals surface area contributed by atoms with Gasteiger partial charge in [-0.1, -0.05) is 0 Å². The normalized spacial score (nSPS) is 13.3. The maximum absolute atomic E-state index is 11.8. The van der Waals surface area contributed by atoms with Gasteiger partial charge in [0.25, 0.3) is 0 Å². The lowest BCUT2D eigenvalue weighted by atomic mass is 10.2. The fourth-order valence-electron chi connectivity index (χ4n) is 2.01. The van der Waals surface area contributed by atoms with Crippen molar-refractivity contribution in [3.8, 4) is 0 Å². The Bertz CT molecular complexity index is 550. The van der Waals surface area contributed by atoms with Crippen molar-refractivity contribution in [2.75, 3.05) is 17.2 Å². The first-order chi connectivity index (χ1) is 10.5. The van der Waals surface area contributed by atoms with Gasteiger partial charge in [0.15, 0.2) is 0 Å². The summed E-state index contributed by atoms with van der Waals surface area (Å²) in [5.74, 6) is 0.0860. The lowest BCUT2D eigenvalue weighted by Gasteiger charge is -2.07. The summed E-state index contributed by atoms with van der Waals surface area (Å²) in [6, 6.07) is 6.93. The van der Waals surface area contributed by atoms with Crippen molar-refractivity contribution in [2.24, 2.45) is 5.92 Å². The predicted molar refractivity (Wildman–Crippen MR) is 84.3 cm³/mol. The molecular formula is C16H21N3O3. The summed E-state index contributed by atoms with van der Waals surface area (Å²) in [6.45, 7) is 1.97. The number of amides is 3. The molecule has 1 saturated carbocycles. The minimum absolute atomic E-state index is 0.0899. The molecule has 6 heteroatoms. The average Bonchev–Trinajstić information content (AvgIpc) is 3.29. The average molecular weight is 303 g/mol. The summed E-state index contributed by atoms with van der Waals surface area (Å²) < 4.78 is 0. The Hall–Kier alpha value is -2.37. The molecule has 0 saturated heterocycles. The van der Waals surface area contributed by atoms with Crippen LogP contribution in [0.15, 0.2) is 24.3 Å². The van der Waals surface area contributed by atoms with Crippen LogP contribution in [0.2, 0.25) is 0 Å². The molecule has 1 aromatic rings. The second kappa shape index (κ2) is 7.59. The molecule has 6 nitrogen and oxygen atoms in total. The van der Waals surface area contributed by atoms with Crippen molar-refractivity contribution < 1.29 is 14.4 Å². The summed E-state index contributed by atoms with van der Waals surface area (Å²) in [7, 11) is 0. The third-order valence-electron chi connectivity index (χ3n) is 3.32. The number of carbonyl (C=O) groups is 3. The highest BCUT2D eigenvalue weighted by atomic mass is 16.2. The van der Waals surface area contributed by atoms with Crippen molar-refractivity contribution in [3.63, 3.8) is 0 Å². The van der Waals surface area contributed by atoms with Gasteiger partial charge >= 0.3 is 0 Å². The van der Waals surface area contributed by atoms with E-state index in [4.69, 9.17) is 0 Å². The third-order valence-corrected chi connectivity index (χ3v) is 3.32. The van der Waals surface area contributed by atoms with E-state index in [1.54, 1.807) is 24.3 Å². The van der Waals surface area contributed by atoms with E-state index in [2.05, 4.69) is 16.0 Å². The van der Waals surface area contributed by atoms with Crippen molar-refractivity contribution in [1.29, 1.82) is 0 Å². The molecule has 1 aliphatic carbocycles. The molecule has 1 fully saturated rings. The molecule has 0 bridgehead atoms. The molecule has 0 unspecified atom stereocenters. The zero-order valence-corrected chi connectivity index (χ0v) is 12.6. The Morgan fingerprint density at radius 3 is 2.18 bits per heavy atom. The Balaban J connectivity index is 1.65. The summed E-state index contributed by atoms with van der Waals surface area (Å²) in [6.07, 6.45) is 2.95. The molecule has 118 valence electrons. The number of nitrogens with one attached hydrogen (secondary N) is 3. The summed E-state index contributed by atoms with van der Waals surface area (Å²) in [4.78, 5) is 34.1. The van der Waals surface area contributed by atoms with E-state index in [-0.39, 0.29) is 23.6 Å². The predicted octanol–water partition coefficient (Wildman–Crippen LogP) is 1.89. The molecule has 0 atom stereocenters. The van der Waals surface area contributed by atoms with Crippen LogP contribution in [0.4, 0.5) is 11.4 Å². The zero-order valence-electron chi connectivity index (χ0n) is 12.6. The monoisotopic (exact) mass is 303 g/mol. The summed E-state index contributed by atoms with van der Waals surface area (Å²) in [5, 5.41) is 8.27. The van der Waals surface area contributed by atoms with E-state index in [0.717, 1.165) is 12.8 Å². The van der Waals surface area contributed by atoms with Crippen LogP contribution >= 0.6 is 0 Å². The van der Waals surface area contributed by atoms with Crippen LogP contribution in [0.1, 0.15) is 32.6 Å². The van der Waals surface area contributed by atoms with Gasteiger partial charge in [-0.2, -0.15) is 0 Å². The van der Waals surface area contributed by atoms with Crippen LogP contribution < -0.4 is 16.0 Å². The standard InChI is InChI=1S/C16H21N3O3/c1-11(20)18-13-6-8-14(9-7-13)19-15(21)3-2-10-17-16(22)12-4-5-12/h6-9,12H,2-5,10H2,1H3,(H,17,22)(H,18,20)(H,19,21). The fraction of sp³-hybridized carbons (Fsp3) is 0.438. The second-order valence-electron chi connectivity index (χ2n) is 5.48. The maximum atomic E-state index is 11.8. The quantitative estimate of drug-likeness (QED) is 0.672. The molecule has 0 aromatic heterocycles. The molecule has 0 heterocycles. The smallest absolute Gasteiger partial charge is 0.224 e. The molecule has 3 amide bonds. The van der Waals surface area contributed by atoms with Crippen LogP contribution in [0, 0.1) is 5.92 Å². The third kappa shape index (κ3) is 5.55. The SMILES string of the molecule is CC(=O)Nc1ccc(NC(=O)CCCNC(=O)C2CC2)cc1. The van der Waals surface area contributed by atoms with E-state index >= 15 is 0 Å². The molecule has 3 N–H and O–H groups in total. The largest absolute Gasteiger partial charge is 0.356 e. The topological polar surface area (TPSA) is 87.3 Å². The van der Waals surface area contributed by atoms with Crippen LogP contribution in [-0.2, 0) is 14.4 Å². The summed E-state index contributed by atoms with van der Waals surface area (Å²) >= 11 is 0. The van der Waals surface area contributed by atoms with Crippen LogP contribution in [0.5, 0.6) is 0 Å². The van der Waals surface area contributed by atoms with Crippen LogP contribution in [0.3, 0.4) is 0 Å². The molecule has 2 rings (SSSR count). The molecule has 1 aliphatic rings. The van der Waals surface area contributed by atoms with Gasteiger partial charge in [0.1, 0.15) is 0 Å². The van der Waals surface area contributed by atoms with Gasteiger partial charge in [0, 0.05) is 37.2 Å². The molecule has 0 radical (unpaired) electrons. The molecule has 1 aromatic carbocycles. The van der Waals surface area contributed by atoms with E-state index < -0.39 is 0 Å². The number of hydrogen-bond donors (Lipinski definition) is 3. The van der Waals surface area contributed by atoms with Crippen molar-refractivity contribution >= 4 is 29.1 Å². The van der Waals surface area contributed by atoms with Gasteiger partial charge in [-0.3, -0.25) is 14.4 Å². The fourth-order valence-corrected chi connectivity index (χ4v) is 2.01. The maximum Gasteiger partial charge on any atom is 0.224 e. The Labute approximate surface area is 129 Å². The van der Waals surface area contributed by atoms with Crippen molar-refractivity contribution in [2.45, 2.75) is 32.6 Å². The first-order valence-electron chi connectivity index (χ1n) is 7.50. The first-order valence-corrected chi connectivity index (χ1v) is 7.50. The van der Waals surface area contributed by atoms with E-state index in [1.165, 1.54) is 6.92 Å². The number of rotatable bonds is 7. The zero-order chi connectivity index (χ0) is 15.9. The lowest BCUT2D eigenvalue weighted by molar-refractivity contribution is -0.122. The molecule has 0 spiro atoms. The lowest BCUT2D eigenvalue weighted by Crippen LogP contribution is -2.26. The first kappa shape index (κ1) is 16.0. The number of carbonyl (C=O) groups excluding carboxylic acids is 3. The minimum atomic E-state index is -0.134. The van der Waals surface area contributed by atoms with Crippen LogP contribution in [0.25, 0.3) is 0 Å². The van der Waals surface area contributed by atoms with Crippen molar-refractivity contribution in [3.05, 3.63) is 24.3 Å². The van der Waals surface area contributed by atoms with E-state index in [0.29, 0.717) is 30.8 Å². The second-order valence-corrected chi connectivity index (χ2v) is 5.48. The molecule has 22 heavy (non-hydrogen) atoms. The van der Waals surface area contributed by atoms with Crippen molar-refractivity contribution in [1.82, 2.24) is 5.32 Å². The van der Waals surface area contributed by atoms with Gasteiger partial charge in [0.05, 0.1) is 0 Å². The van der Waals surface area contributed by atoms with Gasteiger partial charge < -0.3 is 16.0 Å². The van der Waals surface area contributed by atoms with Gasteiger partial charge in [0.2, 0.25) is 17.7 Å². The van der Waals surface area contributed by atoms with E-state index in [1.807, 2.05) is 0 Å². The van der Waals surface area contributed by atoms with Crippen LogP contribution in [-0.4, -0.2) is 24.3 Å². The summed E-state index contributed by atoms with van der Waals surface area (Å²) in [5.41, 5.74) is 1.37. The number of benzene rings is 1. The number of hydrogen-bond acceptors (Lipinski definition) is 3. The number of anilines is 2. The highest BCUT2D eigenvalue weighted by Gasteiger charge is 2.28. The Morgan fingerprint density at radius 1 is 1.05 bits per heavy atom. The Morgan fingerprint density at radius 2 is 1.64 bits per heavy atom.